The second-order valence-electron chi connectivity index (χ2n) is 7.53. The molecule has 1 aliphatic rings. The first-order chi connectivity index (χ1) is 14.8. The third-order valence-electron chi connectivity index (χ3n) is 5.50. The van der Waals surface area contributed by atoms with Crippen LogP contribution >= 0.6 is 24.0 Å². The van der Waals surface area contributed by atoms with Gasteiger partial charge in [0.2, 0.25) is 0 Å². The lowest BCUT2D eigenvalue weighted by Crippen LogP contribution is -2.43. The molecule has 1 atom stereocenters. The fourth-order valence-electron chi connectivity index (χ4n) is 3.89. The van der Waals surface area contributed by atoms with Crippen LogP contribution in [0.4, 0.5) is 0 Å². The van der Waals surface area contributed by atoms with Crippen molar-refractivity contribution in [1.29, 1.82) is 0 Å². The van der Waals surface area contributed by atoms with E-state index in [1.165, 1.54) is 18.4 Å². The minimum Gasteiger partial charge on any atom is -0.468 e. The van der Waals surface area contributed by atoms with E-state index >= 15 is 0 Å². The van der Waals surface area contributed by atoms with Crippen LogP contribution in [0.1, 0.15) is 30.2 Å². The largest absolute Gasteiger partial charge is 0.468 e. The predicted molar refractivity (Wildman–Crippen MR) is 134 cm³/mol. The van der Waals surface area contributed by atoms with Gasteiger partial charge in [-0.25, -0.2) is 4.68 Å². The van der Waals surface area contributed by atoms with Crippen LogP contribution in [0.2, 0.25) is 0 Å². The highest BCUT2D eigenvalue weighted by molar-refractivity contribution is 14.0. The molecule has 3 heterocycles. The van der Waals surface area contributed by atoms with Crippen molar-refractivity contribution < 1.29 is 4.42 Å². The predicted octanol–water partition coefficient (Wildman–Crippen LogP) is 3.63. The van der Waals surface area contributed by atoms with E-state index < -0.39 is 0 Å². The van der Waals surface area contributed by atoms with Crippen molar-refractivity contribution in [2.75, 3.05) is 33.2 Å². The summed E-state index contributed by atoms with van der Waals surface area (Å²) in [4.78, 5) is 6.86. The molecule has 1 fully saturated rings. The van der Waals surface area contributed by atoms with Gasteiger partial charge in [0, 0.05) is 26.3 Å². The monoisotopic (exact) mass is 534 g/mol. The second-order valence-corrected chi connectivity index (χ2v) is 7.53. The summed E-state index contributed by atoms with van der Waals surface area (Å²) in [6.07, 6.45) is 9.13. The third-order valence-corrected chi connectivity index (χ3v) is 5.50. The van der Waals surface area contributed by atoms with E-state index in [1.807, 2.05) is 35.1 Å². The summed E-state index contributed by atoms with van der Waals surface area (Å²) in [5.74, 6) is 1.81. The number of aromatic nitrogens is 2. The van der Waals surface area contributed by atoms with Gasteiger partial charge in [-0.2, -0.15) is 5.10 Å². The molecule has 0 bridgehead atoms. The molecule has 0 spiro atoms. The molecule has 1 aliphatic heterocycles. The number of nitrogens with one attached hydrogen (secondary N) is 2. The first kappa shape index (κ1) is 23.3. The van der Waals surface area contributed by atoms with Crippen molar-refractivity contribution in [3.05, 3.63) is 72.4 Å². The minimum absolute atomic E-state index is 0. The average Bonchev–Trinajstić information content (AvgIpc) is 3.56. The molecule has 1 aromatic carbocycles. The zero-order valence-corrected chi connectivity index (χ0v) is 20.2. The summed E-state index contributed by atoms with van der Waals surface area (Å²) in [6, 6.07) is 14.4. The van der Waals surface area contributed by atoms with E-state index in [0.29, 0.717) is 0 Å². The molecule has 166 valence electrons. The first-order valence-electron chi connectivity index (χ1n) is 10.6. The molecule has 8 heteroatoms. The highest BCUT2D eigenvalue weighted by Crippen LogP contribution is 2.24. The highest BCUT2D eigenvalue weighted by Gasteiger charge is 2.25. The van der Waals surface area contributed by atoms with Crippen molar-refractivity contribution >= 4 is 29.9 Å². The van der Waals surface area contributed by atoms with Gasteiger partial charge in [0.1, 0.15) is 5.76 Å². The van der Waals surface area contributed by atoms with Gasteiger partial charge >= 0.3 is 0 Å². The molecule has 31 heavy (non-hydrogen) atoms. The number of para-hydroxylation sites is 1. The molecule has 0 aliphatic carbocycles. The average molecular weight is 534 g/mol. The minimum atomic E-state index is 0. The lowest BCUT2D eigenvalue weighted by Gasteiger charge is -2.26. The van der Waals surface area contributed by atoms with Gasteiger partial charge in [0.25, 0.3) is 0 Å². The Morgan fingerprint density at radius 1 is 1.13 bits per heavy atom. The van der Waals surface area contributed by atoms with E-state index in [4.69, 9.17) is 4.42 Å². The zero-order chi connectivity index (χ0) is 20.6. The molecule has 1 saturated heterocycles. The molecule has 2 aromatic heterocycles. The van der Waals surface area contributed by atoms with E-state index in [2.05, 4.69) is 50.0 Å². The summed E-state index contributed by atoms with van der Waals surface area (Å²) >= 11 is 0. The van der Waals surface area contributed by atoms with Gasteiger partial charge < -0.3 is 15.1 Å². The van der Waals surface area contributed by atoms with Gasteiger partial charge in [-0.05, 0) is 62.2 Å². The summed E-state index contributed by atoms with van der Waals surface area (Å²) in [7, 11) is 1.81. The van der Waals surface area contributed by atoms with Crippen LogP contribution < -0.4 is 10.6 Å². The normalized spacial score (nSPS) is 15.5. The lowest BCUT2D eigenvalue weighted by atomic mass is 10.2. The topological polar surface area (TPSA) is 70.6 Å². The van der Waals surface area contributed by atoms with E-state index in [9.17, 15) is 0 Å². The van der Waals surface area contributed by atoms with Crippen molar-refractivity contribution in [3.8, 4) is 5.69 Å². The van der Waals surface area contributed by atoms with Crippen LogP contribution in [-0.2, 0) is 6.42 Å². The van der Waals surface area contributed by atoms with Crippen LogP contribution in [0.25, 0.3) is 5.69 Å². The summed E-state index contributed by atoms with van der Waals surface area (Å²) in [5.41, 5.74) is 2.26. The zero-order valence-electron chi connectivity index (χ0n) is 17.9. The van der Waals surface area contributed by atoms with Gasteiger partial charge in [-0.1, -0.05) is 18.2 Å². The number of likely N-dealkylation sites (tertiary alicyclic amines) is 1. The second kappa shape index (κ2) is 11.9. The van der Waals surface area contributed by atoms with Crippen molar-refractivity contribution in [1.82, 2.24) is 25.3 Å². The number of guanidine groups is 1. The molecule has 1 unspecified atom stereocenters. The standard InChI is InChI=1S/C23H30N6O.HI/c1-24-23(26-17-21(22-10-7-15-30-22)28-13-5-6-14-28)25-12-11-19-16-27-29(18-19)20-8-3-2-4-9-20;/h2-4,7-10,15-16,18,21H,5-6,11-14,17H2,1H3,(H2,24,25,26);1H. The Labute approximate surface area is 200 Å². The fraction of sp³-hybridized carbons (Fsp3) is 0.391. The number of aliphatic imine (C=N–C) groups is 1. The number of rotatable bonds is 8. The Balaban J connectivity index is 0.00000272. The maximum Gasteiger partial charge on any atom is 0.191 e. The number of furan rings is 1. The summed E-state index contributed by atoms with van der Waals surface area (Å²) in [5, 5.41) is 11.3. The number of benzene rings is 1. The van der Waals surface area contributed by atoms with E-state index in [-0.39, 0.29) is 30.0 Å². The van der Waals surface area contributed by atoms with Crippen LogP contribution in [0.15, 0.2) is 70.5 Å². The fourth-order valence-corrected chi connectivity index (χ4v) is 3.89. The number of nitrogens with zero attached hydrogens (tertiary/aromatic N) is 4. The van der Waals surface area contributed by atoms with Gasteiger partial charge in [-0.15, -0.1) is 24.0 Å². The van der Waals surface area contributed by atoms with E-state index in [1.54, 1.807) is 13.3 Å². The lowest BCUT2D eigenvalue weighted by molar-refractivity contribution is 0.215. The molecule has 4 rings (SSSR count). The maximum absolute atomic E-state index is 5.70. The third kappa shape index (κ3) is 6.33. The quantitative estimate of drug-likeness (QED) is 0.263. The SMILES string of the molecule is CN=C(NCCc1cnn(-c2ccccc2)c1)NCC(c1ccco1)N1CCCC1.I. The van der Waals surface area contributed by atoms with Crippen LogP contribution in [0.3, 0.4) is 0 Å². The molecule has 7 nitrogen and oxygen atoms in total. The molecular weight excluding hydrogens is 503 g/mol. The van der Waals surface area contributed by atoms with Crippen molar-refractivity contribution in [3.63, 3.8) is 0 Å². The maximum atomic E-state index is 5.70. The molecule has 0 amide bonds. The van der Waals surface area contributed by atoms with Gasteiger partial charge in [0.05, 0.1) is 24.2 Å². The van der Waals surface area contributed by atoms with E-state index in [0.717, 1.165) is 50.0 Å². The Hall–Kier alpha value is -2.33. The number of hydrogen-bond donors (Lipinski definition) is 2. The van der Waals surface area contributed by atoms with Crippen LogP contribution in [0, 0.1) is 0 Å². The number of halogens is 1. The van der Waals surface area contributed by atoms with Crippen molar-refractivity contribution in [2.24, 2.45) is 4.99 Å². The van der Waals surface area contributed by atoms with Crippen molar-refractivity contribution in [2.45, 2.75) is 25.3 Å². The smallest absolute Gasteiger partial charge is 0.191 e. The Bertz CT molecular complexity index is 919. The Morgan fingerprint density at radius 3 is 2.65 bits per heavy atom. The van der Waals surface area contributed by atoms with Gasteiger partial charge in [0.15, 0.2) is 5.96 Å². The molecule has 2 N–H and O–H groups in total. The Kier molecular flexibility index (Phi) is 8.96. The first-order valence-corrected chi connectivity index (χ1v) is 10.6. The summed E-state index contributed by atoms with van der Waals surface area (Å²) in [6.45, 7) is 3.78. The van der Waals surface area contributed by atoms with Gasteiger partial charge in [-0.3, -0.25) is 9.89 Å². The highest BCUT2D eigenvalue weighted by atomic mass is 127. The molecule has 0 radical (unpaired) electrons. The number of hydrogen-bond acceptors (Lipinski definition) is 4. The summed E-state index contributed by atoms with van der Waals surface area (Å²) < 4.78 is 7.61. The van der Waals surface area contributed by atoms with Crippen LogP contribution in [-0.4, -0.2) is 53.9 Å². The molecular formula is C23H31IN6O. The molecule has 0 saturated carbocycles. The molecule has 3 aromatic rings. The Morgan fingerprint density at radius 2 is 1.94 bits per heavy atom. The van der Waals surface area contributed by atoms with Crippen LogP contribution in [0.5, 0.6) is 0 Å².